The molecule has 0 spiro atoms. The molecule has 0 amide bonds. The molecule has 9 heteroatoms. The van der Waals surface area contributed by atoms with Gasteiger partial charge in [-0.25, -0.2) is 22.0 Å². The summed E-state index contributed by atoms with van der Waals surface area (Å²) in [5.74, 6) is -10.2. The zero-order valence-electron chi connectivity index (χ0n) is 19.2. The molecule has 37 heavy (non-hydrogen) atoms. The van der Waals surface area contributed by atoms with Gasteiger partial charge < -0.3 is 4.74 Å². The van der Waals surface area contributed by atoms with E-state index >= 15 is 0 Å². The largest absolute Gasteiger partial charge is 0.426 e. The van der Waals surface area contributed by atoms with Crippen molar-refractivity contribution in [2.24, 2.45) is 0 Å². The average molecular weight is 522 g/mol. The molecule has 0 bridgehead atoms. The smallest absolute Gasteiger partial charge is 0.426 e. The van der Waals surface area contributed by atoms with E-state index in [1.807, 2.05) is 6.92 Å². The van der Waals surface area contributed by atoms with E-state index in [4.69, 9.17) is 0 Å². The van der Waals surface area contributed by atoms with E-state index in [2.05, 4.69) is 4.74 Å². The van der Waals surface area contributed by atoms with Crippen molar-refractivity contribution in [1.29, 1.82) is 0 Å². The molecule has 0 aliphatic carbocycles. The molecular formula is C28H18F8O. The highest BCUT2D eigenvalue weighted by molar-refractivity contribution is 5.72. The number of halogens is 8. The van der Waals surface area contributed by atoms with Crippen LogP contribution < -0.4 is 4.74 Å². The highest BCUT2D eigenvalue weighted by Crippen LogP contribution is 2.37. The maximum atomic E-state index is 14.8. The summed E-state index contributed by atoms with van der Waals surface area (Å²) >= 11 is 0. The third kappa shape index (κ3) is 5.30. The summed E-state index contributed by atoms with van der Waals surface area (Å²) in [6.45, 7) is 1.93. The van der Waals surface area contributed by atoms with Gasteiger partial charge in [-0.15, -0.1) is 0 Å². The predicted molar refractivity (Wildman–Crippen MR) is 122 cm³/mol. The van der Waals surface area contributed by atoms with E-state index in [1.165, 1.54) is 12.1 Å². The van der Waals surface area contributed by atoms with Gasteiger partial charge in [0.2, 0.25) is 5.82 Å². The molecular weight excluding hydrogens is 504 g/mol. The molecule has 0 radical (unpaired) electrons. The van der Waals surface area contributed by atoms with Crippen LogP contribution in [0.4, 0.5) is 35.1 Å². The molecule has 0 aliphatic rings. The number of rotatable bonds is 7. The van der Waals surface area contributed by atoms with Crippen LogP contribution in [-0.4, -0.2) is 0 Å². The summed E-state index contributed by atoms with van der Waals surface area (Å²) < 4.78 is 118. The minimum Gasteiger partial charge on any atom is -0.426 e. The van der Waals surface area contributed by atoms with Crippen molar-refractivity contribution < 1.29 is 39.9 Å². The van der Waals surface area contributed by atoms with Crippen LogP contribution in [-0.2, 0) is 12.5 Å². The van der Waals surface area contributed by atoms with E-state index < -0.39 is 57.9 Å². The van der Waals surface area contributed by atoms with E-state index in [9.17, 15) is 35.1 Å². The van der Waals surface area contributed by atoms with Crippen molar-refractivity contribution >= 4 is 0 Å². The predicted octanol–water partition coefficient (Wildman–Crippen LogP) is 8.94. The Morgan fingerprint density at radius 2 is 1.22 bits per heavy atom. The molecule has 0 unspecified atom stereocenters. The van der Waals surface area contributed by atoms with Gasteiger partial charge in [-0.1, -0.05) is 37.6 Å². The topological polar surface area (TPSA) is 9.23 Å². The quantitative estimate of drug-likeness (QED) is 0.174. The fourth-order valence-corrected chi connectivity index (χ4v) is 3.81. The van der Waals surface area contributed by atoms with Crippen LogP contribution in [0.5, 0.6) is 5.75 Å². The first-order chi connectivity index (χ1) is 17.5. The van der Waals surface area contributed by atoms with Crippen LogP contribution in [0, 0.1) is 34.9 Å². The van der Waals surface area contributed by atoms with Crippen LogP contribution in [0.15, 0.2) is 66.7 Å². The lowest BCUT2D eigenvalue weighted by Crippen LogP contribution is -2.22. The van der Waals surface area contributed by atoms with E-state index in [0.29, 0.717) is 18.6 Å². The number of benzene rings is 4. The van der Waals surface area contributed by atoms with Crippen LogP contribution in [0.25, 0.3) is 22.3 Å². The molecule has 0 aliphatic heterocycles. The first-order valence-corrected chi connectivity index (χ1v) is 11.1. The summed E-state index contributed by atoms with van der Waals surface area (Å²) in [6, 6.07) is 11.1. The fourth-order valence-electron chi connectivity index (χ4n) is 3.81. The SMILES string of the molecule is CCCc1ccc(C(F)(F)Oc2ccc(-c3ccc(-c4cc(F)c(F)c(F)c4)c(F)c3)c(F)c2F)cc1. The van der Waals surface area contributed by atoms with Gasteiger partial charge in [0, 0.05) is 11.1 Å². The monoisotopic (exact) mass is 522 g/mol. The van der Waals surface area contributed by atoms with Gasteiger partial charge in [0.05, 0.1) is 5.56 Å². The second-order valence-corrected chi connectivity index (χ2v) is 8.25. The molecule has 0 saturated carbocycles. The summed E-state index contributed by atoms with van der Waals surface area (Å²) in [6.07, 6.45) is -2.46. The first-order valence-electron chi connectivity index (χ1n) is 11.1. The Labute approximate surface area is 207 Å². The fraction of sp³-hybridized carbons (Fsp3) is 0.143. The average Bonchev–Trinajstić information content (AvgIpc) is 2.85. The second-order valence-electron chi connectivity index (χ2n) is 8.25. The molecule has 0 heterocycles. The second kappa shape index (κ2) is 10.2. The van der Waals surface area contributed by atoms with Crippen molar-refractivity contribution in [3.63, 3.8) is 0 Å². The number of hydrogen-bond donors (Lipinski definition) is 0. The van der Waals surface area contributed by atoms with Crippen LogP contribution in [0.3, 0.4) is 0 Å². The van der Waals surface area contributed by atoms with Gasteiger partial charge in [-0.05, 0) is 65.6 Å². The van der Waals surface area contributed by atoms with Gasteiger partial charge >= 0.3 is 6.11 Å². The highest BCUT2D eigenvalue weighted by atomic mass is 19.3. The van der Waals surface area contributed by atoms with E-state index in [-0.39, 0.29) is 16.7 Å². The van der Waals surface area contributed by atoms with Crippen LogP contribution in [0.2, 0.25) is 0 Å². The minimum atomic E-state index is -3.97. The number of ether oxygens (including phenoxy) is 1. The van der Waals surface area contributed by atoms with Gasteiger partial charge in [0.1, 0.15) is 5.82 Å². The lowest BCUT2D eigenvalue weighted by atomic mass is 9.98. The van der Waals surface area contributed by atoms with Gasteiger partial charge in [-0.3, -0.25) is 0 Å². The number of aryl methyl sites for hydroxylation is 1. The molecule has 0 aromatic heterocycles. The van der Waals surface area contributed by atoms with Crippen molar-refractivity contribution in [3.05, 3.63) is 113 Å². The molecule has 4 rings (SSSR count). The normalized spacial score (nSPS) is 11.6. The molecule has 1 nitrogen and oxygen atoms in total. The standard InChI is InChI=1S/C28H18F8O/c1-2-3-15-4-7-18(8-5-15)28(35,36)37-24-11-10-20(25(32)27(24)34)16-6-9-19(21(29)12-16)17-13-22(30)26(33)23(31)14-17/h4-14H,2-3H2,1H3. The van der Waals surface area contributed by atoms with E-state index in [0.717, 1.165) is 54.4 Å². The maximum Gasteiger partial charge on any atom is 0.426 e. The van der Waals surface area contributed by atoms with Crippen molar-refractivity contribution in [2.45, 2.75) is 25.9 Å². The summed E-state index contributed by atoms with van der Waals surface area (Å²) in [5, 5.41) is 0. The Kier molecular flexibility index (Phi) is 7.25. The van der Waals surface area contributed by atoms with Crippen LogP contribution in [0.1, 0.15) is 24.5 Å². The Morgan fingerprint density at radius 3 is 1.81 bits per heavy atom. The Balaban J connectivity index is 1.62. The molecule has 4 aromatic rings. The Bertz CT molecular complexity index is 1420. The molecule has 0 fully saturated rings. The van der Waals surface area contributed by atoms with Crippen molar-refractivity contribution in [1.82, 2.24) is 0 Å². The minimum absolute atomic E-state index is 0.189. The summed E-state index contributed by atoms with van der Waals surface area (Å²) in [4.78, 5) is 0. The number of alkyl halides is 2. The maximum absolute atomic E-state index is 14.8. The van der Waals surface area contributed by atoms with E-state index in [1.54, 1.807) is 0 Å². The molecule has 0 atom stereocenters. The first kappa shape index (κ1) is 26.2. The zero-order chi connectivity index (χ0) is 26.9. The van der Waals surface area contributed by atoms with Gasteiger partial charge in [0.15, 0.2) is 29.0 Å². The van der Waals surface area contributed by atoms with Crippen LogP contribution >= 0.6 is 0 Å². The molecule has 192 valence electrons. The van der Waals surface area contributed by atoms with Gasteiger partial charge in [-0.2, -0.15) is 13.2 Å². The molecule has 0 saturated heterocycles. The summed E-state index contributed by atoms with van der Waals surface area (Å²) in [7, 11) is 0. The lowest BCUT2D eigenvalue weighted by molar-refractivity contribution is -0.187. The third-order valence-electron chi connectivity index (χ3n) is 5.69. The lowest BCUT2D eigenvalue weighted by Gasteiger charge is -2.19. The number of hydrogen-bond acceptors (Lipinski definition) is 1. The third-order valence-corrected chi connectivity index (χ3v) is 5.69. The Hall–Kier alpha value is -3.88. The van der Waals surface area contributed by atoms with Crippen molar-refractivity contribution in [2.75, 3.05) is 0 Å². The summed E-state index contributed by atoms with van der Waals surface area (Å²) in [5.41, 5.74) is -1.03. The van der Waals surface area contributed by atoms with Crippen molar-refractivity contribution in [3.8, 4) is 28.0 Å². The van der Waals surface area contributed by atoms with Gasteiger partial charge in [0.25, 0.3) is 0 Å². The zero-order valence-corrected chi connectivity index (χ0v) is 19.2. The Morgan fingerprint density at radius 1 is 0.622 bits per heavy atom. The highest BCUT2D eigenvalue weighted by Gasteiger charge is 2.36. The molecule has 4 aromatic carbocycles. The molecule has 0 N–H and O–H groups in total.